The first-order valence-electron chi connectivity index (χ1n) is 6.51. The number of nitrogens with two attached hydrogens (primary N) is 1. The molecular formula is C14H17N5S. The Balaban J connectivity index is 2.33. The molecular weight excluding hydrogens is 270 g/mol. The third-order valence-corrected chi connectivity index (χ3v) is 4.68. The fourth-order valence-electron chi connectivity index (χ4n) is 2.66. The van der Waals surface area contributed by atoms with E-state index in [2.05, 4.69) is 40.3 Å². The molecule has 20 heavy (non-hydrogen) atoms. The summed E-state index contributed by atoms with van der Waals surface area (Å²) in [7, 11) is 0. The topological polar surface area (TPSA) is 69.6 Å². The van der Waals surface area contributed by atoms with E-state index in [1.807, 2.05) is 18.5 Å². The zero-order valence-corrected chi connectivity index (χ0v) is 12.8. The van der Waals surface area contributed by atoms with Crippen LogP contribution in [0.4, 0.5) is 5.82 Å². The van der Waals surface area contributed by atoms with E-state index in [1.54, 1.807) is 11.3 Å². The maximum absolute atomic E-state index is 6.08. The van der Waals surface area contributed by atoms with Gasteiger partial charge >= 0.3 is 0 Å². The molecule has 0 aromatic carbocycles. The Hall–Kier alpha value is -1.95. The molecule has 0 spiro atoms. The summed E-state index contributed by atoms with van der Waals surface area (Å²) in [6.45, 7) is 8.16. The number of aryl methyl sites for hydroxylation is 2. The summed E-state index contributed by atoms with van der Waals surface area (Å²) in [6.07, 6.45) is 1.83. The highest BCUT2D eigenvalue weighted by Gasteiger charge is 2.21. The number of hydrogen-bond acceptors (Lipinski definition) is 5. The van der Waals surface area contributed by atoms with Crippen molar-refractivity contribution < 1.29 is 0 Å². The Morgan fingerprint density at radius 2 is 2.00 bits per heavy atom. The molecule has 0 amide bonds. The Bertz CT molecular complexity index is 773. The van der Waals surface area contributed by atoms with E-state index < -0.39 is 0 Å². The number of nitrogen functional groups attached to an aromatic ring is 1. The molecule has 0 saturated heterocycles. The van der Waals surface area contributed by atoms with Crippen LogP contribution in [0, 0.1) is 20.8 Å². The van der Waals surface area contributed by atoms with Gasteiger partial charge in [0, 0.05) is 17.3 Å². The molecule has 0 aliphatic heterocycles. The Morgan fingerprint density at radius 1 is 1.25 bits per heavy atom. The zero-order chi connectivity index (χ0) is 14.4. The lowest BCUT2D eigenvalue weighted by atomic mass is 10.2. The number of nitrogens with zero attached hydrogens (tertiary/aromatic N) is 4. The van der Waals surface area contributed by atoms with E-state index in [9.17, 15) is 0 Å². The summed E-state index contributed by atoms with van der Waals surface area (Å²) >= 11 is 1.65. The van der Waals surface area contributed by atoms with E-state index in [1.165, 1.54) is 0 Å². The molecule has 0 bridgehead atoms. The zero-order valence-electron chi connectivity index (χ0n) is 12.0. The van der Waals surface area contributed by atoms with Crippen LogP contribution >= 0.6 is 11.3 Å². The molecule has 0 fully saturated rings. The highest BCUT2D eigenvalue weighted by molar-refractivity contribution is 7.09. The maximum atomic E-state index is 6.08. The minimum Gasteiger partial charge on any atom is -0.383 e. The molecule has 0 radical (unpaired) electrons. The van der Waals surface area contributed by atoms with Crippen molar-refractivity contribution in [2.75, 3.05) is 5.73 Å². The third-order valence-electron chi connectivity index (χ3n) is 3.73. The van der Waals surface area contributed by atoms with Gasteiger partial charge in [0.1, 0.15) is 22.3 Å². The van der Waals surface area contributed by atoms with Gasteiger partial charge in [0.2, 0.25) is 0 Å². The first-order chi connectivity index (χ1) is 9.50. The molecule has 0 saturated carbocycles. The van der Waals surface area contributed by atoms with Crippen LogP contribution in [0.3, 0.4) is 0 Å². The van der Waals surface area contributed by atoms with Crippen molar-refractivity contribution in [3.05, 3.63) is 33.7 Å². The van der Waals surface area contributed by atoms with E-state index in [4.69, 9.17) is 5.73 Å². The number of aromatic nitrogens is 4. The van der Waals surface area contributed by atoms with Crippen LogP contribution in [-0.2, 0) is 0 Å². The van der Waals surface area contributed by atoms with Crippen LogP contribution in [0.5, 0.6) is 0 Å². The first-order valence-corrected chi connectivity index (χ1v) is 7.39. The average Bonchev–Trinajstić information content (AvgIpc) is 2.98. The fourth-order valence-corrected chi connectivity index (χ4v) is 3.34. The largest absolute Gasteiger partial charge is 0.383 e. The van der Waals surface area contributed by atoms with E-state index in [0.717, 1.165) is 27.3 Å². The molecule has 3 heterocycles. The smallest absolute Gasteiger partial charge is 0.146 e. The highest BCUT2D eigenvalue weighted by Crippen LogP contribution is 2.33. The second-order valence-corrected chi connectivity index (χ2v) is 5.91. The standard InChI is InChI=1S/C14H17N5S/c1-7-8(2)19(9(3)14-16-5-6-20-14)13-11(7)12(15)17-10(4)18-13/h5-6,9H,1-4H3,(H2,15,17,18). The molecule has 1 unspecified atom stereocenters. The Kier molecular flexibility index (Phi) is 2.97. The molecule has 104 valence electrons. The van der Waals surface area contributed by atoms with Crippen molar-refractivity contribution in [3.63, 3.8) is 0 Å². The summed E-state index contributed by atoms with van der Waals surface area (Å²) in [5, 5.41) is 4.02. The second kappa shape index (κ2) is 4.56. The van der Waals surface area contributed by atoms with Gasteiger partial charge in [-0.3, -0.25) is 0 Å². The van der Waals surface area contributed by atoms with Crippen molar-refractivity contribution in [1.29, 1.82) is 0 Å². The van der Waals surface area contributed by atoms with Crippen molar-refractivity contribution in [2.45, 2.75) is 33.7 Å². The molecule has 5 nitrogen and oxygen atoms in total. The van der Waals surface area contributed by atoms with E-state index in [0.29, 0.717) is 11.6 Å². The molecule has 0 aliphatic rings. The molecule has 1 atom stereocenters. The number of fused-ring (bicyclic) bond motifs is 1. The fraction of sp³-hybridized carbons (Fsp3) is 0.357. The quantitative estimate of drug-likeness (QED) is 0.786. The van der Waals surface area contributed by atoms with Gasteiger partial charge in [-0.15, -0.1) is 11.3 Å². The van der Waals surface area contributed by atoms with Crippen LogP contribution in [-0.4, -0.2) is 19.5 Å². The molecule has 6 heteroatoms. The molecule has 3 aromatic heterocycles. The normalized spacial score (nSPS) is 13.0. The van der Waals surface area contributed by atoms with Crippen molar-refractivity contribution in [3.8, 4) is 0 Å². The van der Waals surface area contributed by atoms with Crippen molar-refractivity contribution in [2.24, 2.45) is 0 Å². The lowest BCUT2D eigenvalue weighted by molar-refractivity contribution is 0.634. The SMILES string of the molecule is Cc1nc(N)c2c(C)c(C)n(C(C)c3nccs3)c2n1. The Labute approximate surface area is 121 Å². The van der Waals surface area contributed by atoms with Gasteiger partial charge in [-0.2, -0.15) is 0 Å². The summed E-state index contributed by atoms with van der Waals surface area (Å²) < 4.78 is 2.20. The van der Waals surface area contributed by atoms with Gasteiger partial charge in [-0.05, 0) is 33.3 Å². The molecule has 2 N–H and O–H groups in total. The predicted molar refractivity (Wildman–Crippen MR) is 82.1 cm³/mol. The number of rotatable bonds is 2. The monoisotopic (exact) mass is 287 g/mol. The van der Waals surface area contributed by atoms with Crippen LogP contribution in [0.25, 0.3) is 11.0 Å². The third kappa shape index (κ3) is 1.79. The molecule has 3 rings (SSSR count). The van der Waals surface area contributed by atoms with Crippen LogP contribution < -0.4 is 5.73 Å². The van der Waals surface area contributed by atoms with E-state index >= 15 is 0 Å². The van der Waals surface area contributed by atoms with E-state index in [-0.39, 0.29) is 6.04 Å². The van der Waals surface area contributed by atoms with Crippen molar-refractivity contribution in [1.82, 2.24) is 19.5 Å². The predicted octanol–water partition coefficient (Wildman–Crippen LogP) is 3.00. The maximum Gasteiger partial charge on any atom is 0.146 e. The van der Waals surface area contributed by atoms with Crippen molar-refractivity contribution >= 4 is 28.2 Å². The van der Waals surface area contributed by atoms with Gasteiger partial charge in [0.05, 0.1) is 11.4 Å². The second-order valence-electron chi connectivity index (χ2n) is 4.98. The first kappa shape index (κ1) is 13.1. The van der Waals surface area contributed by atoms with Gasteiger partial charge in [0.15, 0.2) is 0 Å². The number of thiazole rings is 1. The molecule has 0 aliphatic carbocycles. The number of anilines is 1. The summed E-state index contributed by atoms with van der Waals surface area (Å²) in [5.74, 6) is 1.25. The van der Waals surface area contributed by atoms with Crippen LogP contribution in [0.15, 0.2) is 11.6 Å². The highest BCUT2D eigenvalue weighted by atomic mass is 32.1. The van der Waals surface area contributed by atoms with Crippen LogP contribution in [0.1, 0.15) is 35.1 Å². The minimum atomic E-state index is 0.139. The number of hydrogen-bond donors (Lipinski definition) is 1. The van der Waals surface area contributed by atoms with Crippen LogP contribution in [0.2, 0.25) is 0 Å². The lowest BCUT2D eigenvalue weighted by Crippen LogP contribution is -2.09. The Morgan fingerprint density at radius 3 is 2.65 bits per heavy atom. The van der Waals surface area contributed by atoms with Gasteiger partial charge in [0.25, 0.3) is 0 Å². The summed E-state index contributed by atoms with van der Waals surface area (Å²) in [6, 6.07) is 0.139. The molecule has 3 aromatic rings. The summed E-state index contributed by atoms with van der Waals surface area (Å²) in [4.78, 5) is 13.3. The average molecular weight is 287 g/mol. The minimum absolute atomic E-state index is 0.139. The van der Waals surface area contributed by atoms with Gasteiger partial charge < -0.3 is 10.3 Å². The lowest BCUT2D eigenvalue weighted by Gasteiger charge is -2.15. The van der Waals surface area contributed by atoms with Gasteiger partial charge in [-0.25, -0.2) is 15.0 Å². The summed E-state index contributed by atoms with van der Waals surface area (Å²) in [5.41, 5.74) is 9.28. The van der Waals surface area contributed by atoms with Gasteiger partial charge in [-0.1, -0.05) is 0 Å².